The Morgan fingerprint density at radius 1 is 1.24 bits per heavy atom. The summed E-state index contributed by atoms with van der Waals surface area (Å²) in [4.78, 5) is 3.87. The van der Waals surface area contributed by atoms with Crippen molar-refractivity contribution < 1.29 is 17.9 Å². The summed E-state index contributed by atoms with van der Waals surface area (Å²) in [6.45, 7) is 0. The smallest absolute Gasteiger partial charge is 0.420 e. The third kappa shape index (κ3) is 3.64. The number of nitrogens with zero attached hydrogens (tertiary/aromatic N) is 2. The van der Waals surface area contributed by atoms with E-state index in [1.165, 1.54) is 18.3 Å². The van der Waals surface area contributed by atoms with Crippen molar-refractivity contribution in [2.45, 2.75) is 12.1 Å². The quantitative estimate of drug-likeness (QED) is 0.784. The number of alkyl halides is 4. The van der Waals surface area contributed by atoms with Crippen molar-refractivity contribution in [2.75, 3.05) is 0 Å². The van der Waals surface area contributed by atoms with Gasteiger partial charge in [0, 0.05) is 18.1 Å². The molecular weight excluding hydrogens is 305 g/mol. The lowest BCUT2D eigenvalue weighted by atomic mass is 10.1. The Labute approximate surface area is 123 Å². The molecule has 0 radical (unpaired) electrons. The molecule has 0 saturated heterocycles. The van der Waals surface area contributed by atoms with Crippen LogP contribution in [-0.4, -0.2) is 4.98 Å². The van der Waals surface area contributed by atoms with Crippen LogP contribution in [0.1, 0.15) is 16.7 Å². The summed E-state index contributed by atoms with van der Waals surface area (Å²) in [5.74, 6) is -0.149. The number of aromatic nitrogens is 1. The third-order valence-electron chi connectivity index (χ3n) is 2.58. The first-order valence-electron chi connectivity index (χ1n) is 5.74. The molecule has 0 saturated carbocycles. The zero-order valence-corrected chi connectivity index (χ0v) is 11.2. The molecule has 0 atom stereocenters. The van der Waals surface area contributed by atoms with Crippen LogP contribution in [0.15, 0.2) is 36.5 Å². The molecule has 0 aliphatic carbocycles. The number of ether oxygens (including phenoxy) is 1. The lowest BCUT2D eigenvalue weighted by Gasteiger charge is -2.13. The van der Waals surface area contributed by atoms with E-state index in [9.17, 15) is 13.2 Å². The largest absolute Gasteiger partial charge is 0.438 e. The van der Waals surface area contributed by atoms with E-state index in [0.29, 0.717) is 0 Å². The van der Waals surface area contributed by atoms with Gasteiger partial charge in [-0.25, -0.2) is 4.98 Å². The standard InChI is InChI=1S/C14H8ClF3N2O/c15-6-10-2-4-13(20-8-10)21-12-3-1-9(7-19)5-11(12)14(16,17)18/h1-5,8H,6H2. The highest BCUT2D eigenvalue weighted by Crippen LogP contribution is 2.38. The molecule has 3 nitrogen and oxygen atoms in total. The van der Waals surface area contributed by atoms with E-state index in [1.807, 2.05) is 0 Å². The Morgan fingerprint density at radius 2 is 2.00 bits per heavy atom. The molecule has 0 aliphatic heterocycles. The molecule has 2 aromatic rings. The average Bonchev–Trinajstić information content (AvgIpc) is 2.47. The fourth-order valence-corrected chi connectivity index (χ4v) is 1.73. The van der Waals surface area contributed by atoms with Crippen molar-refractivity contribution in [2.24, 2.45) is 0 Å². The Balaban J connectivity index is 2.36. The second-order valence-corrected chi connectivity index (χ2v) is 4.33. The molecule has 2 rings (SSSR count). The molecule has 0 amide bonds. The molecule has 0 spiro atoms. The van der Waals surface area contributed by atoms with E-state index >= 15 is 0 Å². The first-order chi connectivity index (χ1) is 9.94. The number of benzene rings is 1. The van der Waals surface area contributed by atoms with Crippen molar-refractivity contribution >= 4 is 11.6 Å². The van der Waals surface area contributed by atoms with Gasteiger partial charge in [-0.15, -0.1) is 11.6 Å². The maximum atomic E-state index is 13.0. The summed E-state index contributed by atoms with van der Waals surface area (Å²) < 4.78 is 44.0. The van der Waals surface area contributed by atoms with Crippen LogP contribution >= 0.6 is 11.6 Å². The summed E-state index contributed by atoms with van der Waals surface area (Å²) in [5, 5.41) is 8.68. The van der Waals surface area contributed by atoms with E-state index in [4.69, 9.17) is 21.6 Å². The number of halogens is 4. The molecule has 1 heterocycles. The second-order valence-electron chi connectivity index (χ2n) is 4.06. The van der Waals surface area contributed by atoms with Gasteiger partial charge in [0.05, 0.1) is 17.2 Å². The summed E-state index contributed by atoms with van der Waals surface area (Å²) in [6.07, 6.45) is -3.21. The Morgan fingerprint density at radius 3 is 2.52 bits per heavy atom. The van der Waals surface area contributed by atoms with Gasteiger partial charge in [0.15, 0.2) is 0 Å². The van der Waals surface area contributed by atoms with Crippen LogP contribution in [-0.2, 0) is 12.1 Å². The van der Waals surface area contributed by atoms with Crippen LogP contribution in [0.5, 0.6) is 11.6 Å². The summed E-state index contributed by atoms with van der Waals surface area (Å²) >= 11 is 5.60. The van der Waals surface area contributed by atoms with Crippen molar-refractivity contribution in [3.05, 3.63) is 53.2 Å². The monoisotopic (exact) mass is 312 g/mol. The molecule has 0 aliphatic rings. The van der Waals surface area contributed by atoms with Gasteiger partial charge in [0.1, 0.15) is 5.75 Å². The van der Waals surface area contributed by atoms with E-state index in [2.05, 4.69) is 4.98 Å². The topological polar surface area (TPSA) is 45.9 Å². The van der Waals surface area contributed by atoms with Crippen LogP contribution < -0.4 is 4.74 Å². The van der Waals surface area contributed by atoms with Crippen LogP contribution in [0.25, 0.3) is 0 Å². The maximum Gasteiger partial charge on any atom is 0.420 e. The fraction of sp³-hybridized carbons (Fsp3) is 0.143. The van der Waals surface area contributed by atoms with Crippen LogP contribution in [0.3, 0.4) is 0 Å². The Kier molecular flexibility index (Phi) is 4.34. The van der Waals surface area contributed by atoms with Gasteiger partial charge in [-0.1, -0.05) is 6.07 Å². The lowest BCUT2D eigenvalue weighted by molar-refractivity contribution is -0.138. The number of hydrogen-bond donors (Lipinski definition) is 0. The predicted molar refractivity (Wildman–Crippen MR) is 70.0 cm³/mol. The number of pyridine rings is 1. The molecule has 7 heteroatoms. The van der Waals surface area contributed by atoms with Crippen molar-refractivity contribution in [1.29, 1.82) is 5.26 Å². The molecule has 21 heavy (non-hydrogen) atoms. The van der Waals surface area contributed by atoms with Gasteiger partial charge in [-0.3, -0.25) is 0 Å². The normalized spacial score (nSPS) is 11.0. The van der Waals surface area contributed by atoms with Gasteiger partial charge >= 0.3 is 6.18 Å². The SMILES string of the molecule is N#Cc1ccc(Oc2ccc(CCl)cn2)c(C(F)(F)F)c1. The zero-order valence-electron chi connectivity index (χ0n) is 10.5. The van der Waals surface area contributed by atoms with Gasteiger partial charge in [-0.2, -0.15) is 18.4 Å². The summed E-state index contributed by atoms with van der Waals surface area (Å²) in [6, 6.07) is 7.77. The molecule has 0 N–H and O–H groups in total. The number of rotatable bonds is 3. The second kappa shape index (κ2) is 6.02. The van der Waals surface area contributed by atoms with Crippen molar-refractivity contribution in [1.82, 2.24) is 4.98 Å². The average molecular weight is 313 g/mol. The molecule has 1 aromatic heterocycles. The van der Waals surface area contributed by atoms with Gasteiger partial charge < -0.3 is 4.74 Å². The third-order valence-corrected chi connectivity index (χ3v) is 2.89. The highest BCUT2D eigenvalue weighted by molar-refractivity contribution is 6.17. The highest BCUT2D eigenvalue weighted by atomic mass is 35.5. The Bertz CT molecular complexity index is 678. The molecule has 0 bridgehead atoms. The minimum Gasteiger partial charge on any atom is -0.438 e. The van der Waals surface area contributed by atoms with Gasteiger partial charge in [0.25, 0.3) is 0 Å². The predicted octanol–water partition coefficient (Wildman–Crippen LogP) is 4.50. The van der Waals surface area contributed by atoms with E-state index in [1.54, 1.807) is 12.1 Å². The zero-order chi connectivity index (χ0) is 15.5. The highest BCUT2D eigenvalue weighted by Gasteiger charge is 2.35. The summed E-state index contributed by atoms with van der Waals surface area (Å²) in [5.41, 5.74) is -0.398. The van der Waals surface area contributed by atoms with Crippen molar-refractivity contribution in [3.63, 3.8) is 0 Å². The number of hydrogen-bond acceptors (Lipinski definition) is 3. The first kappa shape index (κ1) is 15.1. The molecule has 0 fully saturated rings. The van der Waals surface area contributed by atoms with E-state index in [0.717, 1.165) is 17.7 Å². The molecule has 108 valence electrons. The number of nitriles is 1. The van der Waals surface area contributed by atoms with Gasteiger partial charge in [-0.05, 0) is 23.8 Å². The minimum absolute atomic E-state index is 0.0130. The molecule has 0 unspecified atom stereocenters. The van der Waals surface area contributed by atoms with Crippen LogP contribution in [0.4, 0.5) is 13.2 Å². The van der Waals surface area contributed by atoms with Crippen LogP contribution in [0.2, 0.25) is 0 Å². The maximum absolute atomic E-state index is 13.0. The van der Waals surface area contributed by atoms with E-state index < -0.39 is 17.5 Å². The Hall–Kier alpha value is -2.26. The van der Waals surface area contributed by atoms with Crippen molar-refractivity contribution in [3.8, 4) is 17.7 Å². The molecular formula is C14H8ClF3N2O. The lowest BCUT2D eigenvalue weighted by Crippen LogP contribution is -2.08. The van der Waals surface area contributed by atoms with E-state index in [-0.39, 0.29) is 17.3 Å². The fourth-order valence-electron chi connectivity index (χ4n) is 1.57. The summed E-state index contributed by atoms with van der Waals surface area (Å²) in [7, 11) is 0. The minimum atomic E-state index is -4.63. The van der Waals surface area contributed by atoms with Gasteiger partial charge in [0.2, 0.25) is 5.88 Å². The first-order valence-corrected chi connectivity index (χ1v) is 6.27. The van der Waals surface area contributed by atoms with Crippen LogP contribution in [0, 0.1) is 11.3 Å². The molecule has 1 aromatic carbocycles.